The molecule has 0 radical (unpaired) electrons. The predicted molar refractivity (Wildman–Crippen MR) is 96.3 cm³/mol. The molecule has 23 heavy (non-hydrogen) atoms. The molecule has 0 amide bonds. The first-order valence-electron chi connectivity index (χ1n) is 8.20. The van der Waals surface area contributed by atoms with Crippen LogP contribution in [0.1, 0.15) is 30.6 Å². The lowest BCUT2D eigenvalue weighted by Gasteiger charge is -2.28. The Hall–Kier alpha value is -2.38. The Morgan fingerprint density at radius 3 is 2.39 bits per heavy atom. The van der Waals surface area contributed by atoms with E-state index in [2.05, 4.69) is 85.8 Å². The van der Waals surface area contributed by atoms with Gasteiger partial charge in [0.15, 0.2) is 0 Å². The monoisotopic (exact) mass is 300 g/mol. The van der Waals surface area contributed by atoms with Crippen LogP contribution in [-0.2, 0) is 4.74 Å². The highest BCUT2D eigenvalue weighted by Crippen LogP contribution is 2.36. The average molecular weight is 300 g/mol. The maximum absolute atomic E-state index is 6.14. The van der Waals surface area contributed by atoms with E-state index in [1.54, 1.807) is 0 Å². The molecule has 1 nitrogen and oxygen atoms in total. The maximum Gasteiger partial charge on any atom is 0.0873 e. The van der Waals surface area contributed by atoms with Crippen molar-refractivity contribution in [3.63, 3.8) is 0 Å². The van der Waals surface area contributed by atoms with Crippen LogP contribution in [0.2, 0.25) is 0 Å². The Bertz CT molecular complexity index is 848. The smallest absolute Gasteiger partial charge is 0.0873 e. The molecule has 0 saturated carbocycles. The van der Waals surface area contributed by atoms with Crippen molar-refractivity contribution in [2.45, 2.75) is 25.6 Å². The molecule has 0 fully saturated rings. The van der Waals surface area contributed by atoms with Crippen molar-refractivity contribution < 1.29 is 4.74 Å². The van der Waals surface area contributed by atoms with Crippen molar-refractivity contribution >= 4 is 16.3 Å². The van der Waals surface area contributed by atoms with Crippen LogP contribution in [0.5, 0.6) is 0 Å². The van der Waals surface area contributed by atoms with Gasteiger partial charge < -0.3 is 4.74 Å². The first kappa shape index (κ1) is 14.2. The van der Waals surface area contributed by atoms with Crippen molar-refractivity contribution in [2.75, 3.05) is 0 Å². The van der Waals surface area contributed by atoms with Gasteiger partial charge in [-0.2, -0.15) is 0 Å². The van der Waals surface area contributed by atoms with Crippen LogP contribution in [0.15, 0.2) is 78.9 Å². The van der Waals surface area contributed by atoms with Gasteiger partial charge in [0.05, 0.1) is 12.2 Å². The summed E-state index contributed by atoms with van der Waals surface area (Å²) in [6.07, 6.45) is 3.45. The molecule has 3 aromatic carbocycles. The quantitative estimate of drug-likeness (QED) is 0.583. The van der Waals surface area contributed by atoms with E-state index in [0.717, 1.165) is 6.42 Å². The summed E-state index contributed by atoms with van der Waals surface area (Å²) in [6, 6.07) is 25.8. The van der Waals surface area contributed by atoms with Crippen LogP contribution in [0, 0.1) is 0 Å². The lowest BCUT2D eigenvalue weighted by atomic mass is 9.91. The summed E-state index contributed by atoms with van der Waals surface area (Å²) >= 11 is 0. The lowest BCUT2D eigenvalue weighted by Crippen LogP contribution is -2.17. The molecule has 0 N–H and O–H groups in total. The molecule has 2 unspecified atom stereocenters. The minimum absolute atomic E-state index is 0.135. The Balaban J connectivity index is 1.69. The Kier molecular flexibility index (Phi) is 3.72. The molecule has 0 bridgehead atoms. The van der Waals surface area contributed by atoms with Crippen LogP contribution >= 0.6 is 0 Å². The molecule has 0 saturated heterocycles. The number of ether oxygens (including phenoxy) is 1. The van der Waals surface area contributed by atoms with E-state index in [0.29, 0.717) is 0 Å². The minimum atomic E-state index is 0.135. The van der Waals surface area contributed by atoms with E-state index < -0.39 is 0 Å². The van der Waals surface area contributed by atoms with E-state index in [4.69, 9.17) is 4.74 Å². The zero-order chi connectivity index (χ0) is 15.6. The number of fused-ring (bicyclic) bond motifs is 1. The van der Waals surface area contributed by atoms with Gasteiger partial charge >= 0.3 is 0 Å². The van der Waals surface area contributed by atoms with Crippen molar-refractivity contribution in [3.05, 3.63) is 90.0 Å². The fourth-order valence-electron chi connectivity index (χ4n) is 3.36. The first-order chi connectivity index (χ1) is 11.3. The van der Waals surface area contributed by atoms with Crippen LogP contribution in [0.25, 0.3) is 16.3 Å². The molecule has 0 spiro atoms. The third-order valence-corrected chi connectivity index (χ3v) is 4.51. The minimum Gasteiger partial charge on any atom is -0.366 e. The molecule has 1 heteroatoms. The van der Waals surface area contributed by atoms with Gasteiger partial charge in [-0.15, -0.1) is 0 Å². The zero-order valence-electron chi connectivity index (χ0n) is 13.3. The third kappa shape index (κ3) is 2.93. The Morgan fingerprint density at radius 1 is 0.826 bits per heavy atom. The van der Waals surface area contributed by atoms with Crippen LogP contribution in [0.3, 0.4) is 0 Å². The molecule has 3 aromatic rings. The topological polar surface area (TPSA) is 9.23 Å². The lowest BCUT2D eigenvalue weighted by molar-refractivity contribution is 0.0174. The number of hydrogen-bond donors (Lipinski definition) is 0. The molecule has 0 aliphatic carbocycles. The third-order valence-electron chi connectivity index (χ3n) is 4.51. The van der Waals surface area contributed by atoms with Crippen molar-refractivity contribution in [1.29, 1.82) is 0 Å². The molecule has 4 rings (SSSR count). The van der Waals surface area contributed by atoms with Crippen molar-refractivity contribution in [1.82, 2.24) is 0 Å². The second-order valence-electron chi connectivity index (χ2n) is 6.20. The number of rotatable bonds is 2. The predicted octanol–water partition coefficient (Wildman–Crippen LogP) is 5.77. The zero-order valence-corrected chi connectivity index (χ0v) is 13.3. The average Bonchev–Trinajstić information content (AvgIpc) is 2.61. The SMILES string of the molecule is CC1C=C(c2ccc3ccccc3c2)CC(c2ccccc2)O1. The summed E-state index contributed by atoms with van der Waals surface area (Å²) in [4.78, 5) is 0. The molecule has 114 valence electrons. The second-order valence-corrected chi connectivity index (χ2v) is 6.20. The second kappa shape index (κ2) is 6.02. The van der Waals surface area contributed by atoms with Gasteiger partial charge in [-0.3, -0.25) is 0 Å². The van der Waals surface area contributed by atoms with Crippen molar-refractivity contribution in [2.24, 2.45) is 0 Å². The first-order valence-corrected chi connectivity index (χ1v) is 8.20. The van der Waals surface area contributed by atoms with Crippen LogP contribution < -0.4 is 0 Å². The van der Waals surface area contributed by atoms with Gasteiger partial charge in [-0.05, 0) is 40.5 Å². The number of benzene rings is 3. The van der Waals surface area contributed by atoms with Gasteiger partial charge in [0.25, 0.3) is 0 Å². The normalized spacial score (nSPS) is 21.2. The standard InChI is InChI=1S/C22H20O/c1-16-13-21(15-22(23-16)18-8-3-2-4-9-18)20-12-11-17-7-5-6-10-19(17)14-20/h2-14,16,22H,15H2,1H3. The summed E-state index contributed by atoms with van der Waals surface area (Å²) in [6.45, 7) is 2.12. The molecule has 0 aromatic heterocycles. The highest BCUT2D eigenvalue weighted by Gasteiger charge is 2.22. The fourth-order valence-corrected chi connectivity index (χ4v) is 3.36. The maximum atomic E-state index is 6.14. The molecule has 1 aliphatic rings. The Morgan fingerprint density at radius 2 is 1.57 bits per heavy atom. The fraction of sp³-hybridized carbons (Fsp3) is 0.182. The van der Waals surface area contributed by atoms with E-state index in [1.807, 2.05) is 0 Å². The van der Waals surface area contributed by atoms with E-state index in [9.17, 15) is 0 Å². The Labute approximate surface area is 137 Å². The van der Waals surface area contributed by atoms with Crippen LogP contribution in [0.4, 0.5) is 0 Å². The molecule has 1 aliphatic heterocycles. The highest BCUT2D eigenvalue weighted by atomic mass is 16.5. The van der Waals surface area contributed by atoms with Crippen molar-refractivity contribution in [3.8, 4) is 0 Å². The molecular formula is C22H20O. The molecule has 1 heterocycles. The van der Waals surface area contributed by atoms with E-state index in [1.165, 1.54) is 27.5 Å². The summed E-state index contributed by atoms with van der Waals surface area (Å²) in [5.74, 6) is 0. The van der Waals surface area contributed by atoms with Gasteiger partial charge in [-0.1, -0.05) is 72.8 Å². The van der Waals surface area contributed by atoms with E-state index >= 15 is 0 Å². The summed E-state index contributed by atoms with van der Waals surface area (Å²) in [5.41, 5.74) is 3.94. The molecule has 2 atom stereocenters. The summed E-state index contributed by atoms with van der Waals surface area (Å²) < 4.78 is 6.14. The van der Waals surface area contributed by atoms with Gasteiger partial charge in [0.2, 0.25) is 0 Å². The van der Waals surface area contributed by atoms with Gasteiger partial charge in [-0.25, -0.2) is 0 Å². The van der Waals surface area contributed by atoms with Crippen LogP contribution in [-0.4, -0.2) is 6.10 Å². The number of hydrogen-bond acceptors (Lipinski definition) is 1. The molecular weight excluding hydrogens is 280 g/mol. The largest absolute Gasteiger partial charge is 0.366 e. The van der Waals surface area contributed by atoms with E-state index in [-0.39, 0.29) is 12.2 Å². The summed E-state index contributed by atoms with van der Waals surface area (Å²) in [5, 5.41) is 2.58. The highest BCUT2D eigenvalue weighted by molar-refractivity contribution is 5.86. The summed E-state index contributed by atoms with van der Waals surface area (Å²) in [7, 11) is 0. The van der Waals surface area contributed by atoms with Gasteiger partial charge in [0.1, 0.15) is 0 Å². The van der Waals surface area contributed by atoms with Gasteiger partial charge in [0, 0.05) is 6.42 Å².